The van der Waals surface area contributed by atoms with E-state index >= 15 is 0 Å². The Morgan fingerprint density at radius 2 is 1.96 bits per heavy atom. The molecule has 0 unspecified atom stereocenters. The van der Waals surface area contributed by atoms with Gasteiger partial charge in [0.25, 0.3) is 0 Å². The summed E-state index contributed by atoms with van der Waals surface area (Å²) in [6, 6.07) is 16.5. The molecule has 2 aromatic carbocycles. The number of likely N-dealkylation sites (tertiary alicyclic amines) is 1. The number of aromatic carboxylic acids is 1. The van der Waals surface area contributed by atoms with Gasteiger partial charge < -0.3 is 9.84 Å². The van der Waals surface area contributed by atoms with Crippen LogP contribution in [0.2, 0.25) is 0 Å². The lowest BCUT2D eigenvalue weighted by Crippen LogP contribution is -2.37. The Hall–Kier alpha value is -2.84. The molecule has 3 rings (SSSR count). The molecule has 1 saturated heterocycles. The van der Waals surface area contributed by atoms with Crippen molar-refractivity contribution in [2.75, 3.05) is 13.1 Å². The van der Waals surface area contributed by atoms with Crippen molar-refractivity contribution < 1.29 is 14.6 Å². The van der Waals surface area contributed by atoms with Crippen molar-refractivity contribution in [2.45, 2.75) is 25.5 Å². The van der Waals surface area contributed by atoms with Gasteiger partial charge in [-0.25, -0.2) is 4.79 Å². The molecule has 1 fully saturated rings. The molecule has 2 aromatic rings. The van der Waals surface area contributed by atoms with Crippen molar-refractivity contribution in [3.05, 3.63) is 65.2 Å². The van der Waals surface area contributed by atoms with Crippen molar-refractivity contribution in [3.63, 3.8) is 0 Å². The maximum absolute atomic E-state index is 11.1. The summed E-state index contributed by atoms with van der Waals surface area (Å²) < 4.78 is 5.99. The van der Waals surface area contributed by atoms with Crippen molar-refractivity contribution >= 4 is 5.97 Å². The number of hydrogen-bond donors (Lipinski definition) is 1. The number of carboxylic acids is 1. The Morgan fingerprint density at radius 1 is 1.20 bits per heavy atom. The van der Waals surface area contributed by atoms with Crippen molar-refractivity contribution in [2.24, 2.45) is 0 Å². The normalized spacial score (nSPS) is 15.5. The van der Waals surface area contributed by atoms with E-state index in [2.05, 4.69) is 11.0 Å². The van der Waals surface area contributed by atoms with Gasteiger partial charge in [-0.1, -0.05) is 18.2 Å². The molecule has 0 saturated carbocycles. The van der Waals surface area contributed by atoms with Crippen molar-refractivity contribution in [1.82, 2.24) is 4.90 Å². The molecule has 5 nitrogen and oxygen atoms in total. The van der Waals surface area contributed by atoms with Crippen LogP contribution in [-0.2, 0) is 6.54 Å². The predicted molar refractivity (Wildman–Crippen MR) is 93.5 cm³/mol. The summed E-state index contributed by atoms with van der Waals surface area (Å²) in [5, 5.41) is 18.0. The number of rotatable bonds is 5. The van der Waals surface area contributed by atoms with Crippen LogP contribution in [0.4, 0.5) is 0 Å². The van der Waals surface area contributed by atoms with Crippen molar-refractivity contribution in [1.29, 1.82) is 5.26 Å². The molecule has 128 valence electrons. The third-order valence-electron chi connectivity index (χ3n) is 4.38. The molecular weight excluding hydrogens is 316 g/mol. The maximum Gasteiger partial charge on any atom is 0.335 e. The third-order valence-corrected chi connectivity index (χ3v) is 4.38. The first-order chi connectivity index (χ1) is 12.1. The summed E-state index contributed by atoms with van der Waals surface area (Å²) in [6.45, 7) is 2.55. The number of piperidine rings is 1. The average molecular weight is 336 g/mol. The van der Waals surface area contributed by atoms with Gasteiger partial charge in [0.05, 0.1) is 17.2 Å². The summed E-state index contributed by atoms with van der Waals surface area (Å²) in [5.74, 6) is -0.153. The molecule has 5 heteroatoms. The number of nitrogens with zero attached hydrogens (tertiary/aromatic N) is 2. The highest BCUT2D eigenvalue weighted by molar-refractivity contribution is 5.87. The van der Waals surface area contributed by atoms with E-state index in [4.69, 9.17) is 15.1 Å². The highest BCUT2D eigenvalue weighted by Gasteiger charge is 2.21. The highest BCUT2D eigenvalue weighted by atomic mass is 16.5. The average Bonchev–Trinajstić information content (AvgIpc) is 2.64. The summed E-state index contributed by atoms with van der Waals surface area (Å²) in [4.78, 5) is 13.4. The van der Waals surface area contributed by atoms with Gasteiger partial charge in [-0.05, 0) is 48.7 Å². The molecule has 1 aliphatic heterocycles. The molecule has 1 aliphatic rings. The topological polar surface area (TPSA) is 73.6 Å². The van der Waals surface area contributed by atoms with Crippen LogP contribution in [0.15, 0.2) is 48.5 Å². The van der Waals surface area contributed by atoms with E-state index in [9.17, 15) is 4.79 Å². The van der Waals surface area contributed by atoms with Crippen LogP contribution in [0.25, 0.3) is 0 Å². The largest absolute Gasteiger partial charge is 0.490 e. The molecule has 0 spiro atoms. The van der Waals surface area contributed by atoms with E-state index in [0.717, 1.165) is 43.8 Å². The summed E-state index contributed by atoms with van der Waals surface area (Å²) in [7, 11) is 0. The monoisotopic (exact) mass is 336 g/mol. The lowest BCUT2D eigenvalue weighted by Gasteiger charge is -2.32. The Bertz CT molecular complexity index is 790. The van der Waals surface area contributed by atoms with Crippen LogP contribution in [0.1, 0.15) is 34.3 Å². The van der Waals surface area contributed by atoms with Crippen molar-refractivity contribution in [3.8, 4) is 11.8 Å². The van der Waals surface area contributed by atoms with E-state index in [1.54, 1.807) is 30.3 Å². The fourth-order valence-corrected chi connectivity index (χ4v) is 3.08. The minimum Gasteiger partial charge on any atom is -0.490 e. The van der Waals surface area contributed by atoms with Crippen LogP contribution in [0.3, 0.4) is 0 Å². The van der Waals surface area contributed by atoms with E-state index in [-0.39, 0.29) is 6.10 Å². The molecular formula is C20H20N2O3. The molecule has 1 N–H and O–H groups in total. The molecule has 0 aromatic heterocycles. The molecule has 0 amide bonds. The number of benzene rings is 2. The number of carbonyl (C=O) groups is 1. The van der Waals surface area contributed by atoms with Crippen LogP contribution >= 0.6 is 0 Å². The third kappa shape index (κ3) is 4.59. The smallest absolute Gasteiger partial charge is 0.335 e. The van der Waals surface area contributed by atoms with Gasteiger partial charge in [0.15, 0.2) is 0 Å². The Kier molecular flexibility index (Phi) is 5.32. The second-order valence-corrected chi connectivity index (χ2v) is 6.24. The van der Waals surface area contributed by atoms with Crippen LogP contribution in [0, 0.1) is 11.3 Å². The molecule has 0 aliphatic carbocycles. The SMILES string of the molecule is N#Cc1cccc(OC2CCN(Cc3cccc(C(=O)O)c3)CC2)c1. The molecule has 25 heavy (non-hydrogen) atoms. The first-order valence-electron chi connectivity index (χ1n) is 8.35. The van der Waals surface area contributed by atoms with E-state index < -0.39 is 5.97 Å². The lowest BCUT2D eigenvalue weighted by molar-refractivity contribution is 0.0696. The van der Waals surface area contributed by atoms with Gasteiger partial charge >= 0.3 is 5.97 Å². The number of nitriles is 1. The van der Waals surface area contributed by atoms with Gasteiger partial charge in [0, 0.05) is 19.6 Å². The summed E-state index contributed by atoms with van der Waals surface area (Å²) in [5.41, 5.74) is 1.95. The van der Waals surface area contributed by atoms with E-state index in [1.807, 2.05) is 18.2 Å². The van der Waals surface area contributed by atoms with Gasteiger partial charge in [-0.15, -0.1) is 0 Å². The quantitative estimate of drug-likeness (QED) is 0.907. The molecule has 0 atom stereocenters. The number of ether oxygens (including phenoxy) is 1. The zero-order chi connectivity index (χ0) is 17.6. The standard InChI is InChI=1S/C20H20N2O3/c21-13-15-3-2-6-19(12-15)25-18-7-9-22(10-8-18)14-16-4-1-5-17(11-16)20(23)24/h1-6,11-12,18H,7-10,14H2,(H,23,24). The Balaban J connectivity index is 1.52. The fourth-order valence-electron chi connectivity index (χ4n) is 3.08. The second kappa shape index (κ2) is 7.82. The Labute approximate surface area is 147 Å². The van der Waals surface area contributed by atoms with Crippen LogP contribution in [0.5, 0.6) is 5.75 Å². The van der Waals surface area contributed by atoms with Gasteiger partial charge in [-0.2, -0.15) is 5.26 Å². The summed E-state index contributed by atoms with van der Waals surface area (Å²) in [6.07, 6.45) is 1.97. The minimum atomic E-state index is -0.895. The van der Waals surface area contributed by atoms with Crippen LogP contribution < -0.4 is 4.74 Å². The van der Waals surface area contributed by atoms with Crippen LogP contribution in [-0.4, -0.2) is 35.2 Å². The molecule has 0 bridgehead atoms. The zero-order valence-electron chi connectivity index (χ0n) is 13.9. The zero-order valence-corrected chi connectivity index (χ0v) is 13.9. The molecule has 1 heterocycles. The first kappa shape index (κ1) is 17.0. The molecule has 0 radical (unpaired) electrons. The lowest BCUT2D eigenvalue weighted by atomic mass is 10.1. The highest BCUT2D eigenvalue weighted by Crippen LogP contribution is 2.21. The first-order valence-corrected chi connectivity index (χ1v) is 8.35. The van der Waals surface area contributed by atoms with Gasteiger partial charge in [-0.3, -0.25) is 4.90 Å². The Morgan fingerprint density at radius 3 is 2.68 bits per heavy atom. The van der Waals surface area contributed by atoms with E-state index in [1.165, 1.54) is 0 Å². The fraction of sp³-hybridized carbons (Fsp3) is 0.300. The summed E-state index contributed by atoms with van der Waals surface area (Å²) >= 11 is 0. The van der Waals surface area contributed by atoms with Gasteiger partial charge in [0.2, 0.25) is 0 Å². The van der Waals surface area contributed by atoms with Gasteiger partial charge in [0.1, 0.15) is 11.9 Å². The number of carboxylic acid groups (broad SMARTS) is 1. The minimum absolute atomic E-state index is 0.149. The van der Waals surface area contributed by atoms with E-state index in [0.29, 0.717) is 11.1 Å². The second-order valence-electron chi connectivity index (χ2n) is 6.24. The predicted octanol–water partition coefficient (Wildman–Crippen LogP) is 3.30. The number of hydrogen-bond acceptors (Lipinski definition) is 4. The maximum atomic E-state index is 11.1.